The van der Waals surface area contributed by atoms with Crippen LogP contribution in [0.15, 0.2) is 35.0 Å². The maximum atomic E-state index is 13.6. The molecular formula is C25H30F3N3OS2. The molecule has 184 valence electrons. The molecule has 1 aromatic carbocycles. The summed E-state index contributed by atoms with van der Waals surface area (Å²) < 4.78 is 46.3. The first-order valence-corrected chi connectivity index (χ1v) is 13.2. The Balaban J connectivity index is 0.00000199. The van der Waals surface area contributed by atoms with Crippen molar-refractivity contribution in [3.05, 3.63) is 45.5 Å². The predicted octanol–water partition coefficient (Wildman–Crippen LogP) is 9.27. The zero-order valence-electron chi connectivity index (χ0n) is 19.7. The summed E-state index contributed by atoms with van der Waals surface area (Å²) in [6.07, 6.45) is 1.71. The summed E-state index contributed by atoms with van der Waals surface area (Å²) in [6.45, 7) is 6.40. The van der Waals surface area contributed by atoms with Gasteiger partial charge in [-0.25, -0.2) is 4.98 Å². The van der Waals surface area contributed by atoms with Crippen molar-refractivity contribution in [3.8, 4) is 23.1 Å². The number of rotatable bonds is 11. The molecule has 0 amide bonds. The summed E-state index contributed by atoms with van der Waals surface area (Å²) in [7, 11) is 0. The molecule has 34 heavy (non-hydrogen) atoms. The lowest BCUT2D eigenvalue weighted by atomic mass is 10.1. The van der Waals surface area contributed by atoms with E-state index in [1.807, 2.05) is 13.8 Å². The minimum atomic E-state index is -4.53. The molecule has 0 saturated heterocycles. The Morgan fingerprint density at radius 1 is 1.06 bits per heavy atom. The minimum absolute atomic E-state index is 0.159. The molecule has 0 aliphatic rings. The largest absolute Gasteiger partial charge is 0.493 e. The van der Waals surface area contributed by atoms with Gasteiger partial charge >= 0.3 is 6.18 Å². The van der Waals surface area contributed by atoms with Crippen molar-refractivity contribution in [3.63, 3.8) is 0 Å². The Morgan fingerprint density at radius 3 is 2.50 bits per heavy atom. The fourth-order valence-corrected chi connectivity index (χ4v) is 4.62. The number of hydrogen-bond donors (Lipinski definition) is 1. The van der Waals surface area contributed by atoms with Gasteiger partial charge in [0.15, 0.2) is 5.13 Å². The van der Waals surface area contributed by atoms with Gasteiger partial charge < -0.3 is 10.1 Å². The number of thiazole rings is 1. The topological polar surface area (TPSA) is 57.9 Å². The highest BCUT2D eigenvalue weighted by atomic mass is 32.1. The molecule has 2 heterocycles. The Kier molecular flexibility index (Phi) is 11.4. The van der Waals surface area contributed by atoms with E-state index in [4.69, 9.17) is 4.74 Å². The molecule has 0 aliphatic carbocycles. The number of nitrogens with one attached hydrogen (secondary N) is 1. The number of benzene rings is 1. The molecule has 3 aromatic rings. The lowest BCUT2D eigenvalue weighted by Crippen LogP contribution is -2.10. The van der Waals surface area contributed by atoms with E-state index in [1.54, 1.807) is 22.9 Å². The molecule has 1 N–H and O–H groups in total. The molecule has 0 atom stereocenters. The number of unbranched alkanes of at least 4 members (excludes halogenated alkanes) is 5. The van der Waals surface area contributed by atoms with E-state index >= 15 is 0 Å². The second-order valence-corrected chi connectivity index (χ2v) is 9.04. The smallest absolute Gasteiger partial charge is 0.420 e. The van der Waals surface area contributed by atoms with Gasteiger partial charge in [0.1, 0.15) is 16.7 Å². The van der Waals surface area contributed by atoms with Crippen LogP contribution in [0.4, 0.5) is 24.0 Å². The van der Waals surface area contributed by atoms with Crippen LogP contribution in [-0.2, 0) is 6.18 Å². The quantitative estimate of drug-likeness (QED) is 0.262. The summed E-state index contributed by atoms with van der Waals surface area (Å²) in [5, 5.41) is 16.1. The Morgan fingerprint density at radius 2 is 1.79 bits per heavy atom. The van der Waals surface area contributed by atoms with Gasteiger partial charge in [0, 0.05) is 16.6 Å². The van der Waals surface area contributed by atoms with Gasteiger partial charge in [-0.05, 0) is 36.1 Å². The summed E-state index contributed by atoms with van der Waals surface area (Å²) >= 11 is 2.59. The first kappa shape index (κ1) is 27.7. The minimum Gasteiger partial charge on any atom is -0.493 e. The monoisotopic (exact) mass is 509 g/mol. The second-order valence-electron chi connectivity index (χ2n) is 7.26. The molecular weight excluding hydrogens is 479 g/mol. The molecule has 0 fully saturated rings. The number of alkyl halides is 3. The van der Waals surface area contributed by atoms with E-state index in [1.165, 1.54) is 35.2 Å². The maximum absolute atomic E-state index is 13.6. The molecule has 4 nitrogen and oxygen atoms in total. The normalized spacial score (nSPS) is 10.9. The molecule has 0 spiro atoms. The van der Waals surface area contributed by atoms with Gasteiger partial charge in [0.05, 0.1) is 17.9 Å². The molecule has 0 unspecified atom stereocenters. The third-order valence-electron chi connectivity index (χ3n) is 4.84. The van der Waals surface area contributed by atoms with Crippen LogP contribution < -0.4 is 10.1 Å². The van der Waals surface area contributed by atoms with Crippen LogP contribution in [0.25, 0.3) is 11.3 Å². The van der Waals surface area contributed by atoms with Crippen molar-refractivity contribution < 1.29 is 17.9 Å². The zero-order chi connectivity index (χ0) is 25.0. The Bertz CT molecular complexity index is 1050. The Hall–Kier alpha value is -2.57. The van der Waals surface area contributed by atoms with Crippen LogP contribution in [0.5, 0.6) is 5.75 Å². The first-order valence-electron chi connectivity index (χ1n) is 11.5. The van der Waals surface area contributed by atoms with Crippen molar-refractivity contribution in [1.82, 2.24) is 4.98 Å². The molecule has 3 rings (SSSR count). The molecule has 2 aromatic heterocycles. The maximum Gasteiger partial charge on any atom is 0.420 e. The highest BCUT2D eigenvalue weighted by Crippen LogP contribution is 2.39. The molecule has 0 radical (unpaired) electrons. The molecule has 0 aliphatic heterocycles. The number of nitriles is 1. The van der Waals surface area contributed by atoms with E-state index < -0.39 is 11.7 Å². The third kappa shape index (κ3) is 8.03. The van der Waals surface area contributed by atoms with Crippen LogP contribution in [0.1, 0.15) is 69.7 Å². The number of hydrogen-bond acceptors (Lipinski definition) is 6. The summed E-state index contributed by atoms with van der Waals surface area (Å²) in [5.41, 5.74) is 0.798. The number of anilines is 2. The Labute approximate surface area is 207 Å². The molecule has 9 heteroatoms. The van der Waals surface area contributed by atoms with Crippen LogP contribution in [0.3, 0.4) is 0 Å². The fourth-order valence-electron chi connectivity index (χ4n) is 3.20. The summed E-state index contributed by atoms with van der Waals surface area (Å²) in [6, 6.07) is 7.87. The molecule has 0 saturated carbocycles. The van der Waals surface area contributed by atoms with Crippen molar-refractivity contribution >= 4 is 33.5 Å². The summed E-state index contributed by atoms with van der Waals surface area (Å²) in [4.78, 5) is 4.96. The first-order chi connectivity index (χ1) is 16.4. The van der Waals surface area contributed by atoms with Gasteiger partial charge in [-0.15, -0.1) is 22.7 Å². The van der Waals surface area contributed by atoms with Crippen molar-refractivity contribution in [2.75, 3.05) is 11.9 Å². The van der Waals surface area contributed by atoms with E-state index in [9.17, 15) is 18.4 Å². The fraction of sp³-hybridized carbons (Fsp3) is 0.440. The van der Waals surface area contributed by atoms with Crippen molar-refractivity contribution in [2.24, 2.45) is 0 Å². The average Bonchev–Trinajstić information content (AvgIpc) is 3.49. The van der Waals surface area contributed by atoms with Gasteiger partial charge in [-0.3, -0.25) is 0 Å². The van der Waals surface area contributed by atoms with Crippen LogP contribution in [0.2, 0.25) is 0 Å². The lowest BCUT2D eigenvalue weighted by molar-refractivity contribution is -0.138. The van der Waals surface area contributed by atoms with Gasteiger partial charge in [0.2, 0.25) is 0 Å². The van der Waals surface area contributed by atoms with Gasteiger partial charge in [-0.1, -0.05) is 52.9 Å². The van der Waals surface area contributed by atoms with Gasteiger partial charge in [0.25, 0.3) is 0 Å². The number of aromatic nitrogens is 1. The SMILES string of the molecule is CC.CCCCCCCCOc1ccc(Nc2nc(-c3ccsc3C#N)cs2)cc1C(F)(F)F. The summed E-state index contributed by atoms with van der Waals surface area (Å²) in [5.74, 6) is -0.159. The van der Waals surface area contributed by atoms with Crippen molar-refractivity contribution in [1.29, 1.82) is 5.26 Å². The van der Waals surface area contributed by atoms with E-state index in [-0.39, 0.29) is 18.0 Å². The third-order valence-corrected chi connectivity index (χ3v) is 6.42. The highest BCUT2D eigenvalue weighted by Gasteiger charge is 2.34. The van der Waals surface area contributed by atoms with Crippen molar-refractivity contribution in [2.45, 2.75) is 65.5 Å². The number of nitrogens with zero attached hydrogens (tertiary/aromatic N) is 2. The lowest BCUT2D eigenvalue weighted by Gasteiger charge is -2.15. The standard InChI is InChI=1S/C23H24F3N3OS2.C2H6/c1-2-3-4-5-6-7-11-30-20-9-8-16(13-18(20)23(24,25)26)28-22-29-19(15-32-22)17-10-12-31-21(17)14-27;1-2/h8-10,12-13,15H,2-7,11H2,1H3,(H,28,29);1-2H3. The predicted molar refractivity (Wildman–Crippen MR) is 135 cm³/mol. The number of ether oxygens (including phenoxy) is 1. The van der Waals surface area contributed by atoms with E-state index in [0.717, 1.165) is 43.7 Å². The van der Waals surface area contributed by atoms with Crippen LogP contribution in [0, 0.1) is 11.3 Å². The number of halogens is 3. The zero-order valence-corrected chi connectivity index (χ0v) is 21.3. The molecule has 0 bridgehead atoms. The average molecular weight is 510 g/mol. The van der Waals surface area contributed by atoms with E-state index in [2.05, 4.69) is 23.3 Å². The number of thiophene rings is 1. The van der Waals surface area contributed by atoms with Crippen LogP contribution >= 0.6 is 22.7 Å². The van der Waals surface area contributed by atoms with E-state index in [0.29, 0.717) is 15.7 Å². The van der Waals surface area contributed by atoms with Crippen LogP contribution in [-0.4, -0.2) is 11.6 Å². The van der Waals surface area contributed by atoms with Gasteiger partial charge in [-0.2, -0.15) is 18.4 Å². The second kappa shape index (κ2) is 14.0. The highest BCUT2D eigenvalue weighted by molar-refractivity contribution is 7.14.